The first-order valence-corrected chi connectivity index (χ1v) is 5.35. The Kier molecular flexibility index (Phi) is 1.98. The molecular weight excluding hydrogens is 216 g/mol. The summed E-state index contributed by atoms with van der Waals surface area (Å²) in [6, 6.07) is 7.78. The van der Waals surface area contributed by atoms with E-state index in [2.05, 4.69) is 9.55 Å². The molecule has 0 radical (unpaired) electrons. The van der Waals surface area contributed by atoms with E-state index < -0.39 is 0 Å². The first kappa shape index (κ1) is 9.96. The Morgan fingerprint density at radius 3 is 2.82 bits per heavy atom. The van der Waals surface area contributed by atoms with Gasteiger partial charge in [-0.2, -0.15) is 0 Å². The molecule has 4 heteroatoms. The van der Waals surface area contributed by atoms with Gasteiger partial charge in [0.05, 0.1) is 29.4 Å². The largest absolute Gasteiger partial charge is 0.497 e. The van der Waals surface area contributed by atoms with Gasteiger partial charge in [0.1, 0.15) is 5.75 Å². The molecule has 17 heavy (non-hydrogen) atoms. The Morgan fingerprint density at radius 2 is 2.12 bits per heavy atom. The van der Waals surface area contributed by atoms with E-state index in [0.29, 0.717) is 5.69 Å². The van der Waals surface area contributed by atoms with E-state index >= 15 is 0 Å². The van der Waals surface area contributed by atoms with E-state index in [4.69, 9.17) is 4.74 Å². The Morgan fingerprint density at radius 1 is 1.29 bits per heavy atom. The maximum absolute atomic E-state index is 10.8. The third kappa shape index (κ3) is 1.27. The van der Waals surface area contributed by atoms with E-state index in [-0.39, 0.29) is 0 Å². The fraction of sp³-hybridized carbons (Fsp3) is 0.154. The average molecular weight is 228 g/mol. The number of benzene rings is 1. The summed E-state index contributed by atoms with van der Waals surface area (Å²) in [7, 11) is 3.63. The lowest BCUT2D eigenvalue weighted by Crippen LogP contribution is -1.87. The van der Waals surface area contributed by atoms with Gasteiger partial charge in [0, 0.05) is 12.4 Å². The average Bonchev–Trinajstić information content (AvgIpc) is 2.89. The monoisotopic (exact) mass is 228 g/mol. The van der Waals surface area contributed by atoms with Crippen molar-refractivity contribution in [2.45, 2.75) is 0 Å². The molecule has 0 saturated carbocycles. The second-order valence-corrected chi connectivity index (χ2v) is 4.04. The molecule has 0 aliphatic heterocycles. The summed E-state index contributed by atoms with van der Waals surface area (Å²) in [6.07, 6.45) is 0.825. The molecular formula is C13H12N2O2. The molecule has 0 atom stereocenters. The smallest absolute Gasteiger partial charge is 0.166 e. The molecule has 0 saturated heterocycles. The highest BCUT2D eigenvalue weighted by Crippen LogP contribution is 2.30. The van der Waals surface area contributed by atoms with Crippen LogP contribution in [0.25, 0.3) is 21.9 Å². The van der Waals surface area contributed by atoms with Crippen molar-refractivity contribution in [3.8, 4) is 5.75 Å². The molecule has 86 valence electrons. The summed E-state index contributed by atoms with van der Waals surface area (Å²) >= 11 is 0. The van der Waals surface area contributed by atoms with Gasteiger partial charge in [0.2, 0.25) is 0 Å². The molecule has 0 fully saturated rings. The minimum absolute atomic E-state index is 0.593. The Balaban J connectivity index is 2.45. The molecule has 0 unspecified atom stereocenters. The second-order valence-electron chi connectivity index (χ2n) is 4.04. The maximum Gasteiger partial charge on any atom is 0.166 e. The van der Waals surface area contributed by atoms with Crippen LogP contribution in [0.2, 0.25) is 0 Å². The van der Waals surface area contributed by atoms with Crippen molar-refractivity contribution in [1.82, 2.24) is 9.55 Å². The fourth-order valence-electron chi connectivity index (χ4n) is 2.26. The summed E-state index contributed by atoms with van der Waals surface area (Å²) in [5.74, 6) is 0.812. The second kappa shape index (κ2) is 3.38. The minimum Gasteiger partial charge on any atom is -0.497 e. The zero-order valence-electron chi connectivity index (χ0n) is 9.65. The normalized spacial score (nSPS) is 11.2. The molecule has 1 aromatic carbocycles. The lowest BCUT2D eigenvalue weighted by molar-refractivity contribution is 0.112. The van der Waals surface area contributed by atoms with E-state index in [1.54, 1.807) is 7.11 Å². The number of aromatic nitrogens is 2. The first-order chi connectivity index (χ1) is 8.24. The zero-order valence-corrected chi connectivity index (χ0v) is 9.65. The number of rotatable bonds is 2. The van der Waals surface area contributed by atoms with Crippen molar-refractivity contribution < 1.29 is 9.53 Å². The topological polar surface area (TPSA) is 47.0 Å². The Labute approximate surface area is 97.8 Å². The van der Waals surface area contributed by atoms with Crippen LogP contribution < -0.4 is 4.74 Å². The van der Waals surface area contributed by atoms with Crippen molar-refractivity contribution in [2.24, 2.45) is 7.05 Å². The third-order valence-electron chi connectivity index (χ3n) is 3.14. The van der Waals surface area contributed by atoms with Gasteiger partial charge in [0.15, 0.2) is 6.29 Å². The molecule has 0 bridgehead atoms. The molecule has 3 rings (SSSR count). The number of nitrogens with one attached hydrogen (secondary N) is 1. The standard InChI is InChI=1S/C13H12N2O2/c1-15-11-4-3-9(17-2)6-10(11)13-12(15)5-8(7-16)14-13/h3-7,14H,1-2H3. The Hall–Kier alpha value is -2.23. The third-order valence-corrected chi connectivity index (χ3v) is 3.14. The van der Waals surface area contributed by atoms with Crippen LogP contribution >= 0.6 is 0 Å². The fourth-order valence-corrected chi connectivity index (χ4v) is 2.26. The van der Waals surface area contributed by atoms with Gasteiger partial charge < -0.3 is 14.3 Å². The van der Waals surface area contributed by atoms with Gasteiger partial charge in [-0.05, 0) is 24.3 Å². The number of ether oxygens (including phenoxy) is 1. The molecule has 3 aromatic rings. The van der Waals surface area contributed by atoms with Crippen molar-refractivity contribution in [3.05, 3.63) is 30.0 Å². The van der Waals surface area contributed by atoms with E-state index in [0.717, 1.165) is 34.0 Å². The molecule has 2 aromatic heterocycles. The quantitative estimate of drug-likeness (QED) is 0.685. The predicted octanol–water partition coefficient (Wildman–Crippen LogP) is 2.48. The van der Waals surface area contributed by atoms with Crippen molar-refractivity contribution >= 4 is 28.2 Å². The summed E-state index contributed by atoms with van der Waals surface area (Å²) in [4.78, 5) is 13.9. The number of hydrogen-bond donors (Lipinski definition) is 1. The number of H-pyrrole nitrogens is 1. The predicted molar refractivity (Wildman–Crippen MR) is 66.7 cm³/mol. The van der Waals surface area contributed by atoms with Gasteiger partial charge in [-0.3, -0.25) is 4.79 Å². The lowest BCUT2D eigenvalue weighted by atomic mass is 10.2. The van der Waals surface area contributed by atoms with Gasteiger partial charge in [-0.25, -0.2) is 0 Å². The van der Waals surface area contributed by atoms with E-state index in [1.807, 2.05) is 31.3 Å². The molecule has 1 N–H and O–H groups in total. The number of aldehydes is 1. The number of nitrogens with zero attached hydrogens (tertiary/aromatic N) is 1. The molecule has 4 nitrogen and oxygen atoms in total. The van der Waals surface area contributed by atoms with Gasteiger partial charge in [0.25, 0.3) is 0 Å². The summed E-state index contributed by atoms with van der Waals surface area (Å²) < 4.78 is 7.28. The van der Waals surface area contributed by atoms with Crippen LogP contribution in [0.5, 0.6) is 5.75 Å². The molecule has 0 amide bonds. The van der Waals surface area contributed by atoms with Crippen LogP contribution in [0, 0.1) is 0 Å². The van der Waals surface area contributed by atoms with Crippen molar-refractivity contribution in [2.75, 3.05) is 7.11 Å². The SMILES string of the molecule is COc1ccc2c(c1)c1[nH]c(C=O)cc1n2C. The van der Waals surface area contributed by atoms with E-state index in [9.17, 15) is 4.79 Å². The summed E-state index contributed by atoms with van der Waals surface area (Å²) in [5, 5.41) is 1.06. The van der Waals surface area contributed by atoms with Gasteiger partial charge in [-0.15, -0.1) is 0 Å². The van der Waals surface area contributed by atoms with Crippen LogP contribution in [-0.4, -0.2) is 22.9 Å². The highest BCUT2D eigenvalue weighted by Gasteiger charge is 2.11. The number of methoxy groups -OCH3 is 1. The number of carbonyl (C=O) groups is 1. The number of aromatic amines is 1. The van der Waals surface area contributed by atoms with Crippen LogP contribution in [0.3, 0.4) is 0 Å². The lowest BCUT2D eigenvalue weighted by Gasteiger charge is -2.00. The molecule has 2 heterocycles. The van der Waals surface area contributed by atoms with Gasteiger partial charge >= 0.3 is 0 Å². The molecule has 0 spiro atoms. The van der Waals surface area contributed by atoms with Crippen LogP contribution in [0.4, 0.5) is 0 Å². The minimum atomic E-state index is 0.593. The van der Waals surface area contributed by atoms with Crippen LogP contribution in [-0.2, 0) is 7.05 Å². The van der Waals surface area contributed by atoms with Crippen molar-refractivity contribution in [1.29, 1.82) is 0 Å². The number of fused-ring (bicyclic) bond motifs is 3. The highest BCUT2D eigenvalue weighted by molar-refractivity contribution is 6.08. The van der Waals surface area contributed by atoms with Crippen molar-refractivity contribution in [3.63, 3.8) is 0 Å². The Bertz CT molecular complexity index is 722. The zero-order chi connectivity index (χ0) is 12.0. The summed E-state index contributed by atoms with van der Waals surface area (Å²) in [6.45, 7) is 0. The van der Waals surface area contributed by atoms with E-state index in [1.165, 1.54) is 0 Å². The first-order valence-electron chi connectivity index (χ1n) is 5.35. The number of aryl methyl sites for hydroxylation is 1. The van der Waals surface area contributed by atoms with Gasteiger partial charge in [-0.1, -0.05) is 0 Å². The molecule has 0 aliphatic carbocycles. The van der Waals surface area contributed by atoms with Crippen LogP contribution in [0.1, 0.15) is 10.5 Å². The van der Waals surface area contributed by atoms with Crippen LogP contribution in [0.15, 0.2) is 24.3 Å². The highest BCUT2D eigenvalue weighted by atomic mass is 16.5. The summed E-state index contributed by atoms with van der Waals surface area (Å²) in [5.41, 5.74) is 3.71. The number of hydrogen-bond acceptors (Lipinski definition) is 2. The molecule has 0 aliphatic rings. The maximum atomic E-state index is 10.8. The number of carbonyl (C=O) groups excluding carboxylic acids is 1.